The number of rotatable bonds is 6. The number of hydrogen-bond donors (Lipinski definition) is 2. The number of carbonyl (C=O) groups is 1. The molecule has 114 valence electrons. The van der Waals surface area contributed by atoms with E-state index in [1.807, 2.05) is 31.2 Å². The van der Waals surface area contributed by atoms with E-state index in [1.54, 1.807) is 6.07 Å². The van der Waals surface area contributed by atoms with E-state index in [9.17, 15) is 4.79 Å². The highest BCUT2D eigenvalue weighted by molar-refractivity contribution is 5.92. The van der Waals surface area contributed by atoms with E-state index in [0.717, 1.165) is 18.4 Å². The predicted molar refractivity (Wildman–Crippen MR) is 84.5 cm³/mol. The minimum atomic E-state index is -0.243. The summed E-state index contributed by atoms with van der Waals surface area (Å²) in [5.41, 5.74) is 8.17. The first-order valence-electron chi connectivity index (χ1n) is 6.72. The second-order valence-electron chi connectivity index (χ2n) is 4.69. The fourth-order valence-corrected chi connectivity index (χ4v) is 1.80. The Hall–Kier alpha value is -1.85. The van der Waals surface area contributed by atoms with Gasteiger partial charge in [-0.15, -0.1) is 12.4 Å². The molecule has 1 aromatic carbocycles. The van der Waals surface area contributed by atoms with Gasteiger partial charge in [0.2, 0.25) is 5.76 Å². The lowest BCUT2D eigenvalue weighted by Crippen LogP contribution is -2.24. The number of nitrogens with one attached hydrogen (secondary N) is 1. The smallest absolute Gasteiger partial charge is 0.289 e. The van der Waals surface area contributed by atoms with Crippen LogP contribution in [-0.4, -0.2) is 24.2 Å². The minimum absolute atomic E-state index is 0. The molecule has 2 rings (SSSR count). The summed E-state index contributed by atoms with van der Waals surface area (Å²) in [6.07, 6.45) is 1.76. The van der Waals surface area contributed by atoms with Crippen molar-refractivity contribution in [3.63, 3.8) is 0 Å². The van der Waals surface area contributed by atoms with Crippen LogP contribution < -0.4 is 11.1 Å². The topological polar surface area (TPSA) is 81.2 Å². The van der Waals surface area contributed by atoms with Gasteiger partial charge in [-0.2, -0.15) is 0 Å². The Labute approximate surface area is 130 Å². The number of aryl methyl sites for hydroxylation is 1. The summed E-state index contributed by atoms with van der Waals surface area (Å²) in [7, 11) is 0. The van der Waals surface area contributed by atoms with Gasteiger partial charge in [-0.05, 0) is 26.3 Å². The Morgan fingerprint density at radius 3 is 2.67 bits per heavy atom. The summed E-state index contributed by atoms with van der Waals surface area (Å²) in [5.74, 6) is -0.0128. The average Bonchev–Trinajstić information content (AvgIpc) is 2.94. The van der Waals surface area contributed by atoms with Gasteiger partial charge in [0, 0.05) is 18.2 Å². The predicted octanol–water partition coefficient (Wildman–Crippen LogP) is 2.54. The van der Waals surface area contributed by atoms with Crippen LogP contribution in [0.15, 0.2) is 34.9 Å². The minimum Gasteiger partial charge on any atom is -0.350 e. The Kier molecular flexibility index (Phi) is 6.91. The van der Waals surface area contributed by atoms with E-state index < -0.39 is 0 Å². The highest BCUT2D eigenvalue weighted by Gasteiger charge is 2.13. The molecule has 5 nitrogen and oxygen atoms in total. The van der Waals surface area contributed by atoms with Gasteiger partial charge in [-0.1, -0.05) is 35.0 Å². The van der Waals surface area contributed by atoms with Crippen molar-refractivity contribution in [3.8, 4) is 11.3 Å². The number of nitrogens with zero attached hydrogens (tertiary/aromatic N) is 1. The van der Waals surface area contributed by atoms with E-state index >= 15 is 0 Å². The van der Waals surface area contributed by atoms with Crippen molar-refractivity contribution >= 4 is 18.3 Å². The number of carbonyl (C=O) groups excluding carboxylic acids is 1. The van der Waals surface area contributed by atoms with Crippen LogP contribution in [-0.2, 0) is 0 Å². The molecule has 0 aliphatic heterocycles. The molecule has 0 bridgehead atoms. The molecule has 2 aromatic rings. The van der Waals surface area contributed by atoms with Gasteiger partial charge in [0.25, 0.3) is 5.91 Å². The molecule has 1 aromatic heterocycles. The quantitative estimate of drug-likeness (QED) is 0.803. The lowest BCUT2D eigenvalue weighted by molar-refractivity contribution is 0.0916. The summed E-state index contributed by atoms with van der Waals surface area (Å²) in [4.78, 5) is 11.8. The second-order valence-corrected chi connectivity index (χ2v) is 4.69. The lowest BCUT2D eigenvalue weighted by Gasteiger charge is -2.00. The van der Waals surface area contributed by atoms with Crippen molar-refractivity contribution in [1.82, 2.24) is 10.5 Å². The Morgan fingerprint density at radius 2 is 2.00 bits per heavy atom. The zero-order valence-electron chi connectivity index (χ0n) is 12.0. The lowest BCUT2D eigenvalue weighted by atomic mass is 10.1. The van der Waals surface area contributed by atoms with E-state index in [0.29, 0.717) is 18.8 Å². The van der Waals surface area contributed by atoms with Crippen LogP contribution in [0.25, 0.3) is 11.3 Å². The third kappa shape index (κ3) is 4.88. The monoisotopic (exact) mass is 309 g/mol. The molecule has 0 spiro atoms. The van der Waals surface area contributed by atoms with Gasteiger partial charge in [-0.3, -0.25) is 4.79 Å². The molecule has 0 unspecified atom stereocenters. The molecule has 1 amide bonds. The summed E-state index contributed by atoms with van der Waals surface area (Å²) >= 11 is 0. The van der Waals surface area contributed by atoms with Crippen molar-refractivity contribution in [2.75, 3.05) is 13.1 Å². The molecule has 0 aliphatic rings. The second kappa shape index (κ2) is 8.44. The van der Waals surface area contributed by atoms with Crippen LogP contribution in [0.2, 0.25) is 0 Å². The molecule has 0 atom stereocenters. The number of benzene rings is 1. The molecule has 0 radical (unpaired) electrons. The van der Waals surface area contributed by atoms with E-state index in [-0.39, 0.29) is 24.1 Å². The maximum absolute atomic E-state index is 11.8. The first kappa shape index (κ1) is 17.2. The van der Waals surface area contributed by atoms with Crippen LogP contribution in [0.4, 0.5) is 0 Å². The first-order valence-corrected chi connectivity index (χ1v) is 6.72. The number of amides is 1. The number of unbranched alkanes of at least 4 members (excludes halogenated alkanes) is 1. The summed E-state index contributed by atoms with van der Waals surface area (Å²) < 4.78 is 5.08. The van der Waals surface area contributed by atoms with E-state index in [1.165, 1.54) is 5.56 Å². The standard InChI is InChI=1S/C15H19N3O2.ClH/c1-11-4-6-12(7-5-11)13-10-14(20-18-13)15(19)17-9-3-2-8-16;/h4-7,10H,2-3,8-9,16H2,1H3,(H,17,19);1H. The number of hydrogen-bond acceptors (Lipinski definition) is 4. The highest BCUT2D eigenvalue weighted by Crippen LogP contribution is 2.19. The molecular weight excluding hydrogens is 290 g/mol. The van der Waals surface area contributed by atoms with Gasteiger partial charge >= 0.3 is 0 Å². The molecule has 6 heteroatoms. The molecule has 0 saturated carbocycles. The number of aromatic nitrogens is 1. The van der Waals surface area contributed by atoms with Crippen molar-refractivity contribution in [2.45, 2.75) is 19.8 Å². The molecule has 1 heterocycles. The fraction of sp³-hybridized carbons (Fsp3) is 0.333. The maximum Gasteiger partial charge on any atom is 0.289 e. The molecule has 21 heavy (non-hydrogen) atoms. The average molecular weight is 310 g/mol. The summed E-state index contributed by atoms with van der Waals surface area (Å²) in [6, 6.07) is 9.56. The van der Waals surface area contributed by atoms with E-state index in [2.05, 4.69) is 10.5 Å². The Balaban J connectivity index is 0.00000220. The SMILES string of the molecule is Cc1ccc(-c2cc(C(=O)NCCCCN)on2)cc1.Cl. The van der Waals surface area contributed by atoms with Crippen LogP contribution in [0, 0.1) is 6.92 Å². The van der Waals surface area contributed by atoms with Gasteiger partial charge in [0.05, 0.1) is 0 Å². The van der Waals surface area contributed by atoms with Crippen LogP contribution >= 0.6 is 12.4 Å². The molecule has 0 aliphatic carbocycles. The highest BCUT2D eigenvalue weighted by atomic mass is 35.5. The number of nitrogens with two attached hydrogens (primary N) is 1. The first-order chi connectivity index (χ1) is 9.70. The van der Waals surface area contributed by atoms with Crippen LogP contribution in [0.1, 0.15) is 29.0 Å². The largest absolute Gasteiger partial charge is 0.350 e. The van der Waals surface area contributed by atoms with E-state index in [4.69, 9.17) is 10.3 Å². The fourth-order valence-electron chi connectivity index (χ4n) is 1.80. The zero-order valence-corrected chi connectivity index (χ0v) is 12.8. The Morgan fingerprint density at radius 1 is 1.29 bits per heavy atom. The Bertz CT molecular complexity index is 567. The zero-order chi connectivity index (χ0) is 14.4. The third-order valence-corrected chi connectivity index (χ3v) is 3.00. The molecule has 0 fully saturated rings. The molecular formula is C15H20ClN3O2. The van der Waals surface area contributed by atoms with Crippen LogP contribution in [0.3, 0.4) is 0 Å². The third-order valence-electron chi connectivity index (χ3n) is 3.00. The van der Waals surface area contributed by atoms with Gasteiger partial charge < -0.3 is 15.6 Å². The van der Waals surface area contributed by atoms with Gasteiger partial charge in [0.15, 0.2) is 0 Å². The van der Waals surface area contributed by atoms with Gasteiger partial charge in [-0.25, -0.2) is 0 Å². The van der Waals surface area contributed by atoms with Crippen molar-refractivity contribution in [2.24, 2.45) is 5.73 Å². The van der Waals surface area contributed by atoms with Crippen LogP contribution in [0.5, 0.6) is 0 Å². The van der Waals surface area contributed by atoms with Crippen molar-refractivity contribution in [1.29, 1.82) is 0 Å². The maximum atomic E-state index is 11.8. The number of halogens is 1. The van der Waals surface area contributed by atoms with Crippen molar-refractivity contribution < 1.29 is 9.32 Å². The molecule has 3 N–H and O–H groups in total. The van der Waals surface area contributed by atoms with Gasteiger partial charge in [0.1, 0.15) is 5.69 Å². The van der Waals surface area contributed by atoms with Crippen molar-refractivity contribution in [3.05, 3.63) is 41.7 Å². The molecule has 0 saturated heterocycles. The summed E-state index contributed by atoms with van der Waals surface area (Å²) in [6.45, 7) is 3.25. The normalized spacial score (nSPS) is 10.0. The summed E-state index contributed by atoms with van der Waals surface area (Å²) in [5, 5.41) is 6.71.